The van der Waals surface area contributed by atoms with E-state index in [0.717, 1.165) is 45.9 Å². The first kappa shape index (κ1) is 18.6. The van der Waals surface area contributed by atoms with E-state index < -0.39 is 0 Å². The summed E-state index contributed by atoms with van der Waals surface area (Å²) in [5, 5.41) is 3.06. The van der Waals surface area contributed by atoms with Gasteiger partial charge in [-0.3, -0.25) is 14.6 Å². The molecule has 2 saturated heterocycles. The molecule has 1 N–H and O–H groups in total. The first-order valence-corrected chi connectivity index (χ1v) is 8.97. The molecule has 23 heavy (non-hydrogen) atoms. The van der Waals surface area contributed by atoms with E-state index in [1.165, 1.54) is 0 Å². The molecule has 2 fully saturated rings. The maximum Gasteiger partial charge on any atom is 0.234 e. The highest BCUT2D eigenvalue weighted by atomic mass is 16.5. The van der Waals surface area contributed by atoms with Gasteiger partial charge >= 0.3 is 0 Å². The first-order valence-electron chi connectivity index (χ1n) is 8.97. The Hall–Kier alpha value is -0.690. The van der Waals surface area contributed by atoms with Crippen LogP contribution in [0.4, 0.5) is 0 Å². The standard InChI is InChI=1S/C17H34N4O2/c1-14(2)10-20-7-8-23-16(12-20)9-18-17(22)13-21-6-5-19(4)11-15(21)3/h14-16H,5-13H2,1-4H3,(H,18,22)/t15-,16+/m1/s1. The number of hydrogen-bond acceptors (Lipinski definition) is 5. The summed E-state index contributed by atoms with van der Waals surface area (Å²) in [5.41, 5.74) is 0. The molecule has 0 unspecified atom stereocenters. The van der Waals surface area contributed by atoms with Gasteiger partial charge < -0.3 is 15.0 Å². The van der Waals surface area contributed by atoms with E-state index in [2.05, 4.69) is 47.8 Å². The van der Waals surface area contributed by atoms with E-state index in [1.54, 1.807) is 0 Å². The predicted molar refractivity (Wildman–Crippen MR) is 92.6 cm³/mol. The van der Waals surface area contributed by atoms with Gasteiger partial charge in [0.05, 0.1) is 19.3 Å². The summed E-state index contributed by atoms with van der Waals surface area (Å²) < 4.78 is 5.79. The average molecular weight is 326 g/mol. The molecule has 0 aromatic heterocycles. The highest BCUT2D eigenvalue weighted by Crippen LogP contribution is 2.08. The van der Waals surface area contributed by atoms with Crippen molar-refractivity contribution < 1.29 is 9.53 Å². The number of ether oxygens (including phenoxy) is 1. The van der Waals surface area contributed by atoms with Gasteiger partial charge in [-0.15, -0.1) is 0 Å². The molecule has 2 heterocycles. The van der Waals surface area contributed by atoms with E-state index in [-0.39, 0.29) is 12.0 Å². The second-order valence-corrected chi connectivity index (χ2v) is 7.53. The number of nitrogens with one attached hydrogen (secondary N) is 1. The van der Waals surface area contributed by atoms with E-state index >= 15 is 0 Å². The van der Waals surface area contributed by atoms with Crippen LogP contribution in [0.5, 0.6) is 0 Å². The Labute approximate surface area is 141 Å². The minimum atomic E-state index is 0.117. The van der Waals surface area contributed by atoms with Crippen molar-refractivity contribution in [3.8, 4) is 0 Å². The molecular formula is C17H34N4O2. The number of likely N-dealkylation sites (N-methyl/N-ethyl adjacent to an activating group) is 1. The summed E-state index contributed by atoms with van der Waals surface area (Å²) >= 11 is 0. The zero-order valence-electron chi connectivity index (χ0n) is 15.3. The molecule has 2 atom stereocenters. The van der Waals surface area contributed by atoms with Crippen molar-refractivity contribution in [1.82, 2.24) is 20.0 Å². The molecule has 1 amide bonds. The number of hydrogen-bond donors (Lipinski definition) is 1. The van der Waals surface area contributed by atoms with Crippen molar-refractivity contribution in [2.24, 2.45) is 5.92 Å². The molecule has 2 aliphatic heterocycles. The second kappa shape index (κ2) is 8.97. The summed E-state index contributed by atoms with van der Waals surface area (Å²) in [6, 6.07) is 0.437. The molecular weight excluding hydrogens is 292 g/mol. The van der Waals surface area contributed by atoms with Gasteiger partial charge in [0.25, 0.3) is 0 Å². The maximum atomic E-state index is 12.2. The lowest BCUT2D eigenvalue weighted by Gasteiger charge is -2.38. The summed E-state index contributed by atoms with van der Waals surface area (Å²) in [4.78, 5) is 19.2. The smallest absolute Gasteiger partial charge is 0.234 e. The van der Waals surface area contributed by atoms with Crippen molar-refractivity contribution in [2.75, 3.05) is 66.0 Å². The van der Waals surface area contributed by atoms with Crippen LogP contribution in [0.25, 0.3) is 0 Å². The molecule has 0 aromatic carbocycles. The largest absolute Gasteiger partial charge is 0.374 e. The van der Waals surface area contributed by atoms with Gasteiger partial charge in [0.15, 0.2) is 0 Å². The maximum absolute atomic E-state index is 12.2. The summed E-state index contributed by atoms with van der Waals surface area (Å²) in [6.45, 7) is 14.6. The SMILES string of the molecule is CC(C)CN1CCO[C@@H](CNC(=O)CN2CCN(C)C[C@H]2C)C1. The first-order chi connectivity index (χ1) is 10.9. The summed E-state index contributed by atoms with van der Waals surface area (Å²) in [5.74, 6) is 0.785. The van der Waals surface area contributed by atoms with Crippen molar-refractivity contribution in [3.05, 3.63) is 0 Å². The average Bonchev–Trinajstić information content (AvgIpc) is 2.48. The Morgan fingerprint density at radius 3 is 2.74 bits per heavy atom. The Morgan fingerprint density at radius 2 is 2.04 bits per heavy atom. The third-order valence-electron chi connectivity index (χ3n) is 4.69. The van der Waals surface area contributed by atoms with Gasteiger partial charge in [-0.1, -0.05) is 13.8 Å². The number of morpholine rings is 1. The molecule has 2 rings (SSSR count). The predicted octanol–water partition coefficient (Wildman–Crippen LogP) is 0.0953. The van der Waals surface area contributed by atoms with Crippen LogP contribution in [-0.4, -0.2) is 98.8 Å². The van der Waals surface area contributed by atoms with Crippen molar-refractivity contribution in [2.45, 2.75) is 32.9 Å². The molecule has 134 valence electrons. The molecule has 0 aromatic rings. The topological polar surface area (TPSA) is 48.1 Å². The van der Waals surface area contributed by atoms with Crippen LogP contribution >= 0.6 is 0 Å². The Morgan fingerprint density at radius 1 is 1.26 bits per heavy atom. The van der Waals surface area contributed by atoms with Crippen LogP contribution in [-0.2, 0) is 9.53 Å². The zero-order valence-corrected chi connectivity index (χ0v) is 15.3. The van der Waals surface area contributed by atoms with Gasteiger partial charge in [0.2, 0.25) is 5.91 Å². The van der Waals surface area contributed by atoms with Gasteiger partial charge in [-0.2, -0.15) is 0 Å². The lowest BCUT2D eigenvalue weighted by Crippen LogP contribution is -2.54. The monoisotopic (exact) mass is 326 g/mol. The fourth-order valence-corrected chi connectivity index (χ4v) is 3.47. The van der Waals surface area contributed by atoms with Crippen LogP contribution in [0.2, 0.25) is 0 Å². The molecule has 6 nitrogen and oxygen atoms in total. The number of amides is 1. The fraction of sp³-hybridized carbons (Fsp3) is 0.941. The van der Waals surface area contributed by atoms with Crippen LogP contribution in [0, 0.1) is 5.92 Å². The number of piperazine rings is 1. The Kier molecular flexibility index (Phi) is 7.27. The Bertz CT molecular complexity index is 378. The Balaban J connectivity index is 1.67. The zero-order chi connectivity index (χ0) is 16.8. The minimum absolute atomic E-state index is 0.117. The van der Waals surface area contributed by atoms with Gasteiger partial charge in [-0.05, 0) is 19.9 Å². The van der Waals surface area contributed by atoms with Crippen molar-refractivity contribution >= 4 is 5.91 Å². The third-order valence-corrected chi connectivity index (χ3v) is 4.69. The molecule has 2 aliphatic rings. The molecule has 0 saturated carbocycles. The van der Waals surface area contributed by atoms with Gasteiger partial charge in [0, 0.05) is 51.9 Å². The van der Waals surface area contributed by atoms with E-state index in [9.17, 15) is 4.79 Å². The highest BCUT2D eigenvalue weighted by Gasteiger charge is 2.25. The fourth-order valence-electron chi connectivity index (χ4n) is 3.47. The van der Waals surface area contributed by atoms with Gasteiger partial charge in [-0.25, -0.2) is 0 Å². The van der Waals surface area contributed by atoms with Crippen molar-refractivity contribution in [3.63, 3.8) is 0 Å². The second-order valence-electron chi connectivity index (χ2n) is 7.53. The molecule has 0 spiro atoms. The van der Waals surface area contributed by atoms with E-state index in [4.69, 9.17) is 4.74 Å². The number of carbonyl (C=O) groups is 1. The number of rotatable bonds is 6. The minimum Gasteiger partial charge on any atom is -0.374 e. The van der Waals surface area contributed by atoms with Crippen LogP contribution in [0.3, 0.4) is 0 Å². The summed E-state index contributed by atoms with van der Waals surface area (Å²) in [7, 11) is 2.14. The van der Waals surface area contributed by atoms with Crippen LogP contribution < -0.4 is 5.32 Å². The molecule has 0 aliphatic carbocycles. The number of carbonyl (C=O) groups excluding carboxylic acids is 1. The lowest BCUT2D eigenvalue weighted by molar-refractivity contribution is -0.124. The molecule has 0 radical (unpaired) electrons. The van der Waals surface area contributed by atoms with Crippen LogP contribution in [0.1, 0.15) is 20.8 Å². The molecule has 6 heteroatoms. The van der Waals surface area contributed by atoms with Gasteiger partial charge in [0.1, 0.15) is 0 Å². The van der Waals surface area contributed by atoms with Crippen LogP contribution in [0.15, 0.2) is 0 Å². The number of nitrogens with zero attached hydrogens (tertiary/aromatic N) is 3. The van der Waals surface area contributed by atoms with E-state index in [0.29, 0.717) is 25.0 Å². The molecule has 0 bridgehead atoms. The van der Waals surface area contributed by atoms with E-state index in [1.807, 2.05) is 0 Å². The highest BCUT2D eigenvalue weighted by molar-refractivity contribution is 5.78. The third kappa shape index (κ3) is 6.37. The normalized spacial score (nSPS) is 28.2. The van der Waals surface area contributed by atoms with Crippen molar-refractivity contribution in [1.29, 1.82) is 0 Å². The quantitative estimate of drug-likeness (QED) is 0.750. The lowest BCUT2D eigenvalue weighted by atomic mass is 10.2. The summed E-state index contributed by atoms with van der Waals surface area (Å²) in [6.07, 6.45) is 0.122.